The molecule has 0 aliphatic heterocycles. The summed E-state index contributed by atoms with van der Waals surface area (Å²) in [6, 6.07) is 53.0. The standard InChI is InChI=1S/C63H60N2O2/c1-40-33-57-56-36-48-24-32-55(65(53-28-20-45(21-29-53)42-13-7-3-8-14-42)54-30-22-46(23-31-54)43-15-9-4-10-16-43)35-50(48)39-59(56)67-63(57)61-58-37-47-19-27-52(34-49(47)38-60(58)66-62(40)61)64-51-25-17-44(18-26-51)41-11-5-2-6-12-41/h17-39,41-43,64H,2-16H2,1H3. The molecule has 4 nitrogen and oxygen atoms in total. The summed E-state index contributed by atoms with van der Waals surface area (Å²) in [5, 5.41) is 12.7. The molecule has 334 valence electrons. The van der Waals surface area contributed by atoms with E-state index in [9.17, 15) is 0 Å². The molecule has 67 heavy (non-hydrogen) atoms. The first-order chi connectivity index (χ1) is 33.1. The highest BCUT2D eigenvalue weighted by Gasteiger charge is 2.23. The van der Waals surface area contributed by atoms with E-state index in [1.165, 1.54) is 135 Å². The number of benzene rings is 8. The third-order valence-electron chi connectivity index (χ3n) is 16.3. The SMILES string of the molecule is Cc1cc2c3cc4ccc(N(c5ccc(C6CCCCC6)cc5)c5ccc(C6CCCCC6)cc5)cc4cc3oc2c2c1oc1cc3cc(Nc4ccc(C5CCCCC5)cc4)ccc3cc12. The zero-order chi connectivity index (χ0) is 44.4. The summed E-state index contributed by atoms with van der Waals surface area (Å²) in [5.41, 5.74) is 14.8. The van der Waals surface area contributed by atoms with Crippen molar-refractivity contribution < 1.29 is 8.83 Å². The van der Waals surface area contributed by atoms with Crippen LogP contribution in [0.4, 0.5) is 28.4 Å². The zero-order valence-electron chi connectivity index (χ0n) is 38.9. The highest BCUT2D eigenvalue weighted by molar-refractivity contribution is 6.25. The van der Waals surface area contributed by atoms with Gasteiger partial charge >= 0.3 is 0 Å². The van der Waals surface area contributed by atoms with E-state index in [0.29, 0.717) is 17.8 Å². The number of hydrogen-bond donors (Lipinski definition) is 1. The second kappa shape index (κ2) is 17.0. The van der Waals surface area contributed by atoms with Gasteiger partial charge in [0.15, 0.2) is 0 Å². The molecular formula is C63H60N2O2. The molecule has 0 unspecified atom stereocenters. The molecule has 3 aliphatic rings. The van der Waals surface area contributed by atoms with Crippen LogP contribution < -0.4 is 10.2 Å². The van der Waals surface area contributed by atoms with Gasteiger partial charge in [0.2, 0.25) is 0 Å². The third-order valence-corrected chi connectivity index (χ3v) is 16.3. The first-order valence-corrected chi connectivity index (χ1v) is 25.6. The molecule has 1 N–H and O–H groups in total. The Kier molecular flexibility index (Phi) is 10.3. The van der Waals surface area contributed by atoms with Crippen LogP contribution in [0.15, 0.2) is 148 Å². The van der Waals surface area contributed by atoms with Crippen molar-refractivity contribution in [3.8, 4) is 0 Å². The first kappa shape index (κ1) is 40.7. The number of rotatable bonds is 8. The summed E-state index contributed by atoms with van der Waals surface area (Å²) >= 11 is 0. The molecule has 0 saturated heterocycles. The van der Waals surface area contributed by atoms with Gasteiger partial charge in [0, 0.05) is 44.6 Å². The van der Waals surface area contributed by atoms with Gasteiger partial charge in [-0.1, -0.05) is 106 Å². The Bertz CT molecular complexity index is 3370. The van der Waals surface area contributed by atoms with E-state index in [2.05, 4.69) is 157 Å². The topological polar surface area (TPSA) is 41.6 Å². The van der Waals surface area contributed by atoms with E-state index in [1.54, 1.807) is 0 Å². The minimum atomic E-state index is 0.678. The third kappa shape index (κ3) is 7.54. The molecule has 0 spiro atoms. The van der Waals surface area contributed by atoms with Gasteiger partial charge < -0.3 is 19.1 Å². The quantitative estimate of drug-likeness (QED) is 0.165. The van der Waals surface area contributed by atoms with Gasteiger partial charge in [0.25, 0.3) is 0 Å². The summed E-state index contributed by atoms with van der Waals surface area (Å²) in [4.78, 5) is 2.44. The van der Waals surface area contributed by atoms with E-state index in [1.807, 2.05) is 0 Å². The molecule has 3 aliphatic carbocycles. The van der Waals surface area contributed by atoms with Crippen molar-refractivity contribution in [2.45, 2.75) is 121 Å². The number of hydrogen-bond acceptors (Lipinski definition) is 4. The fourth-order valence-electron chi connectivity index (χ4n) is 12.6. The smallest absolute Gasteiger partial charge is 0.147 e. The maximum absolute atomic E-state index is 6.97. The van der Waals surface area contributed by atoms with Crippen LogP contribution in [0.1, 0.15) is 136 Å². The Hall–Kier alpha value is -6.52. The van der Waals surface area contributed by atoms with Gasteiger partial charge in [-0.15, -0.1) is 0 Å². The van der Waals surface area contributed by atoms with Crippen molar-refractivity contribution >= 4 is 93.9 Å². The van der Waals surface area contributed by atoms with Crippen LogP contribution in [-0.2, 0) is 0 Å². The fourth-order valence-corrected chi connectivity index (χ4v) is 12.6. The second-order valence-corrected chi connectivity index (χ2v) is 20.5. The largest absolute Gasteiger partial charge is 0.456 e. The minimum absolute atomic E-state index is 0.678. The Balaban J connectivity index is 0.856. The lowest BCUT2D eigenvalue weighted by molar-refractivity contribution is 0.443. The van der Waals surface area contributed by atoms with Crippen molar-refractivity contribution in [2.24, 2.45) is 0 Å². The molecule has 0 radical (unpaired) electrons. The average Bonchev–Trinajstić information content (AvgIpc) is 3.94. The highest BCUT2D eigenvalue weighted by atomic mass is 16.3. The number of nitrogens with zero attached hydrogens (tertiary/aromatic N) is 1. The second-order valence-electron chi connectivity index (χ2n) is 20.5. The Morgan fingerprint density at radius 3 is 1.43 bits per heavy atom. The summed E-state index contributed by atoms with van der Waals surface area (Å²) < 4.78 is 13.7. The van der Waals surface area contributed by atoms with Crippen LogP contribution >= 0.6 is 0 Å². The molecule has 13 rings (SSSR count). The number of anilines is 5. The van der Waals surface area contributed by atoms with Gasteiger partial charge in [0.05, 0.1) is 5.39 Å². The monoisotopic (exact) mass is 876 g/mol. The summed E-state index contributed by atoms with van der Waals surface area (Å²) in [6.45, 7) is 2.16. The van der Waals surface area contributed by atoms with Gasteiger partial charge in [-0.25, -0.2) is 0 Å². The van der Waals surface area contributed by atoms with Crippen LogP contribution in [0, 0.1) is 6.92 Å². The minimum Gasteiger partial charge on any atom is -0.456 e. The molecule has 0 amide bonds. The van der Waals surface area contributed by atoms with Crippen molar-refractivity contribution in [2.75, 3.05) is 10.2 Å². The molecule has 2 aromatic heterocycles. The lowest BCUT2D eigenvalue weighted by Crippen LogP contribution is -2.11. The van der Waals surface area contributed by atoms with Crippen molar-refractivity contribution in [3.05, 3.63) is 162 Å². The molecule has 3 fully saturated rings. The predicted molar refractivity (Wildman–Crippen MR) is 283 cm³/mol. The predicted octanol–water partition coefficient (Wildman–Crippen LogP) is 19.5. The van der Waals surface area contributed by atoms with Gasteiger partial charge in [-0.3, -0.25) is 0 Å². The van der Waals surface area contributed by atoms with E-state index >= 15 is 0 Å². The summed E-state index contributed by atoms with van der Waals surface area (Å²) in [5.74, 6) is 2.07. The van der Waals surface area contributed by atoms with Gasteiger partial charge in [-0.05, 0) is 198 Å². The van der Waals surface area contributed by atoms with Gasteiger partial charge in [0.1, 0.15) is 22.3 Å². The van der Waals surface area contributed by atoms with Crippen molar-refractivity contribution in [3.63, 3.8) is 0 Å². The molecule has 0 bridgehead atoms. The lowest BCUT2D eigenvalue weighted by Gasteiger charge is -2.28. The summed E-state index contributed by atoms with van der Waals surface area (Å²) in [7, 11) is 0. The number of furan rings is 2. The molecule has 3 saturated carbocycles. The van der Waals surface area contributed by atoms with Crippen LogP contribution in [-0.4, -0.2) is 0 Å². The van der Waals surface area contributed by atoms with E-state index in [0.717, 1.165) is 77.3 Å². The molecule has 4 heteroatoms. The Morgan fingerprint density at radius 2 is 0.851 bits per heavy atom. The molecular weight excluding hydrogens is 817 g/mol. The van der Waals surface area contributed by atoms with E-state index in [-0.39, 0.29) is 0 Å². The average molecular weight is 877 g/mol. The van der Waals surface area contributed by atoms with Crippen LogP contribution in [0.25, 0.3) is 65.4 Å². The summed E-state index contributed by atoms with van der Waals surface area (Å²) in [6.07, 6.45) is 20.1. The van der Waals surface area contributed by atoms with Crippen LogP contribution in [0.5, 0.6) is 0 Å². The molecule has 2 heterocycles. The number of aryl methyl sites for hydroxylation is 1. The van der Waals surface area contributed by atoms with E-state index < -0.39 is 0 Å². The number of fused-ring (bicyclic) bond motifs is 9. The van der Waals surface area contributed by atoms with Crippen LogP contribution in [0.3, 0.4) is 0 Å². The van der Waals surface area contributed by atoms with Crippen LogP contribution in [0.2, 0.25) is 0 Å². The molecule has 8 aromatic carbocycles. The molecule has 10 aromatic rings. The zero-order valence-corrected chi connectivity index (χ0v) is 38.9. The highest BCUT2D eigenvalue weighted by Crippen LogP contribution is 2.45. The van der Waals surface area contributed by atoms with E-state index in [4.69, 9.17) is 8.83 Å². The normalized spacial score (nSPS) is 16.9. The van der Waals surface area contributed by atoms with Crippen molar-refractivity contribution in [1.29, 1.82) is 0 Å². The number of nitrogens with one attached hydrogen (secondary N) is 1. The van der Waals surface area contributed by atoms with Crippen molar-refractivity contribution in [1.82, 2.24) is 0 Å². The van der Waals surface area contributed by atoms with Gasteiger partial charge in [-0.2, -0.15) is 0 Å². The fraction of sp³-hybridized carbons (Fsp3) is 0.302. The Morgan fingerprint density at radius 1 is 0.388 bits per heavy atom. The molecule has 0 atom stereocenters. The maximum Gasteiger partial charge on any atom is 0.147 e. The Labute approximate surface area is 394 Å². The first-order valence-electron chi connectivity index (χ1n) is 25.6. The maximum atomic E-state index is 6.97. The lowest BCUT2D eigenvalue weighted by atomic mass is 9.84.